The molecule has 132 valence electrons. The molecule has 1 atom stereocenters. The van der Waals surface area contributed by atoms with Crippen LogP contribution in [0.15, 0.2) is 66.2 Å². The van der Waals surface area contributed by atoms with Crippen LogP contribution in [0.2, 0.25) is 0 Å². The van der Waals surface area contributed by atoms with Crippen LogP contribution in [0.1, 0.15) is 43.7 Å². The zero-order valence-electron chi connectivity index (χ0n) is 15.1. The number of nitrogens with zero attached hydrogens (tertiary/aromatic N) is 1. The number of rotatable bonds is 2. The number of hydrogen-bond donors (Lipinski definition) is 0. The van der Waals surface area contributed by atoms with Crippen LogP contribution in [0.25, 0.3) is 5.57 Å². The van der Waals surface area contributed by atoms with E-state index in [1.165, 1.54) is 55.5 Å². The lowest BCUT2D eigenvalue weighted by Crippen LogP contribution is -2.34. The van der Waals surface area contributed by atoms with Gasteiger partial charge in [0.05, 0.1) is 0 Å². The second-order valence-electron chi connectivity index (χ2n) is 6.70. The average Bonchev–Trinajstić information content (AvgIpc) is 3.09. The van der Waals surface area contributed by atoms with Gasteiger partial charge in [-0.25, -0.2) is 0 Å². The summed E-state index contributed by atoms with van der Waals surface area (Å²) in [5.74, 6) is 0. The van der Waals surface area contributed by atoms with Gasteiger partial charge >= 0.3 is 0 Å². The Balaban J connectivity index is 0.000000569. The van der Waals surface area contributed by atoms with Crippen LogP contribution in [0.3, 0.4) is 0 Å². The van der Waals surface area contributed by atoms with Crippen molar-refractivity contribution in [2.24, 2.45) is 0 Å². The Hall–Kier alpha value is -1.38. The predicted molar refractivity (Wildman–Crippen MR) is 112 cm³/mol. The summed E-state index contributed by atoms with van der Waals surface area (Å²) in [6, 6.07) is 22.6. The molecule has 0 saturated carbocycles. The Morgan fingerprint density at radius 3 is 2.04 bits per heavy atom. The normalized spacial score (nSPS) is 19.8. The minimum Gasteiger partial charge on any atom is -0.296 e. The first-order valence-electron chi connectivity index (χ1n) is 9.49. The van der Waals surface area contributed by atoms with Gasteiger partial charge in [-0.2, -0.15) is 0 Å². The van der Waals surface area contributed by atoms with Crippen molar-refractivity contribution < 1.29 is 0 Å². The zero-order chi connectivity index (χ0) is 17.5. The molecule has 0 N–H and O–H groups in total. The first-order valence-corrected chi connectivity index (χ1v) is 10.6. The summed E-state index contributed by atoms with van der Waals surface area (Å²) in [5.41, 5.74) is 5.89. The third-order valence-corrected chi connectivity index (χ3v) is 5.13. The fourth-order valence-corrected chi connectivity index (χ4v) is 4.12. The highest BCUT2D eigenvalue weighted by molar-refractivity contribution is 9.09. The van der Waals surface area contributed by atoms with Gasteiger partial charge in [0.1, 0.15) is 0 Å². The van der Waals surface area contributed by atoms with Crippen molar-refractivity contribution in [1.29, 1.82) is 0 Å². The fraction of sp³-hybridized carbons (Fsp3) is 0.391. The van der Waals surface area contributed by atoms with Crippen molar-refractivity contribution in [3.8, 4) is 0 Å². The van der Waals surface area contributed by atoms with E-state index in [1.54, 1.807) is 5.57 Å². The number of alkyl halides is 1. The van der Waals surface area contributed by atoms with Gasteiger partial charge in [-0.3, -0.25) is 4.90 Å². The standard InChI is InChI=1S/C21H23N.C2H5Br/c1-3-9-17(10-4-1)21(18-11-5-2-6-12-18)19-14-16-22-15-8-7-13-20(19)22;1-2-3/h1-6,9-12,20H,7-8,13-16H2;2H2,1H3. The molecule has 1 nitrogen and oxygen atoms in total. The number of hydrogen-bond acceptors (Lipinski definition) is 1. The van der Waals surface area contributed by atoms with Gasteiger partial charge < -0.3 is 0 Å². The van der Waals surface area contributed by atoms with Crippen molar-refractivity contribution in [2.45, 2.75) is 38.6 Å². The van der Waals surface area contributed by atoms with Crippen LogP contribution in [-0.4, -0.2) is 29.4 Å². The van der Waals surface area contributed by atoms with E-state index in [2.05, 4.69) is 81.5 Å². The maximum Gasteiger partial charge on any atom is 0.0317 e. The molecule has 0 radical (unpaired) electrons. The topological polar surface area (TPSA) is 3.24 Å². The smallest absolute Gasteiger partial charge is 0.0317 e. The Morgan fingerprint density at radius 1 is 0.920 bits per heavy atom. The van der Waals surface area contributed by atoms with E-state index in [-0.39, 0.29) is 0 Å². The van der Waals surface area contributed by atoms with E-state index in [9.17, 15) is 0 Å². The van der Waals surface area contributed by atoms with E-state index in [1.807, 2.05) is 6.92 Å². The Kier molecular flexibility index (Phi) is 6.89. The molecule has 0 spiro atoms. The molecule has 25 heavy (non-hydrogen) atoms. The first-order chi connectivity index (χ1) is 12.3. The largest absolute Gasteiger partial charge is 0.296 e. The van der Waals surface area contributed by atoms with Crippen molar-refractivity contribution in [1.82, 2.24) is 4.90 Å². The van der Waals surface area contributed by atoms with Gasteiger partial charge in [0, 0.05) is 17.9 Å². The van der Waals surface area contributed by atoms with Crippen LogP contribution < -0.4 is 0 Å². The molecule has 0 aromatic heterocycles. The van der Waals surface area contributed by atoms with Gasteiger partial charge in [0.25, 0.3) is 0 Å². The van der Waals surface area contributed by atoms with Crippen molar-refractivity contribution in [3.05, 3.63) is 77.4 Å². The Morgan fingerprint density at radius 2 is 1.48 bits per heavy atom. The number of piperidine rings is 1. The third-order valence-electron chi connectivity index (χ3n) is 5.13. The van der Waals surface area contributed by atoms with E-state index in [0.29, 0.717) is 6.04 Å². The van der Waals surface area contributed by atoms with Crippen molar-refractivity contribution in [3.63, 3.8) is 0 Å². The summed E-state index contributed by atoms with van der Waals surface area (Å²) < 4.78 is 0. The second kappa shape index (κ2) is 9.35. The number of benzene rings is 2. The molecule has 2 aliphatic rings. The molecular weight excluding hydrogens is 370 g/mol. The Bertz CT molecular complexity index is 636. The maximum atomic E-state index is 3.15. The SMILES string of the molecule is CCBr.c1ccc(C(=C2CCN3CCCCC23)c2ccccc2)cc1. The summed E-state index contributed by atoms with van der Waals surface area (Å²) >= 11 is 3.15. The molecule has 2 saturated heterocycles. The van der Waals surface area contributed by atoms with Gasteiger partial charge in [-0.05, 0) is 48.1 Å². The minimum absolute atomic E-state index is 0.671. The van der Waals surface area contributed by atoms with Crippen LogP contribution >= 0.6 is 15.9 Å². The highest BCUT2D eigenvalue weighted by atomic mass is 79.9. The van der Waals surface area contributed by atoms with Gasteiger partial charge in [-0.1, -0.05) is 89.9 Å². The van der Waals surface area contributed by atoms with Crippen molar-refractivity contribution >= 4 is 21.5 Å². The van der Waals surface area contributed by atoms with Crippen molar-refractivity contribution in [2.75, 3.05) is 18.4 Å². The Labute approximate surface area is 160 Å². The zero-order valence-corrected chi connectivity index (χ0v) is 16.7. The summed E-state index contributed by atoms with van der Waals surface area (Å²) in [5, 5.41) is 1.06. The fourth-order valence-electron chi connectivity index (χ4n) is 4.12. The molecule has 2 heteroatoms. The monoisotopic (exact) mass is 397 g/mol. The summed E-state index contributed by atoms with van der Waals surface area (Å²) in [7, 11) is 0. The van der Waals surface area contributed by atoms with Crippen LogP contribution in [0, 0.1) is 0 Å². The molecule has 2 aliphatic heterocycles. The molecule has 0 amide bonds. The first kappa shape index (κ1) is 18.4. The van der Waals surface area contributed by atoms with Gasteiger partial charge in [0.15, 0.2) is 0 Å². The lowest BCUT2D eigenvalue weighted by atomic mass is 9.87. The molecule has 2 fully saturated rings. The molecular formula is C23H28BrN. The second-order valence-corrected chi connectivity index (χ2v) is 7.82. The molecule has 4 rings (SSSR count). The predicted octanol–water partition coefficient (Wildman–Crippen LogP) is 6.15. The van der Waals surface area contributed by atoms with Gasteiger partial charge in [0.2, 0.25) is 0 Å². The van der Waals surface area contributed by atoms with Gasteiger partial charge in [-0.15, -0.1) is 0 Å². The quantitative estimate of drug-likeness (QED) is 0.549. The summed E-state index contributed by atoms with van der Waals surface area (Å²) in [6.45, 7) is 4.56. The molecule has 1 unspecified atom stereocenters. The highest BCUT2D eigenvalue weighted by Gasteiger charge is 2.33. The minimum atomic E-state index is 0.671. The van der Waals surface area contributed by atoms with Crippen LogP contribution in [0.4, 0.5) is 0 Å². The highest BCUT2D eigenvalue weighted by Crippen LogP contribution is 2.38. The summed E-state index contributed by atoms with van der Waals surface area (Å²) in [6.07, 6.45) is 5.31. The molecule has 0 aliphatic carbocycles. The van der Waals surface area contributed by atoms with E-state index in [4.69, 9.17) is 0 Å². The van der Waals surface area contributed by atoms with E-state index in [0.717, 1.165) is 5.33 Å². The van der Waals surface area contributed by atoms with E-state index < -0.39 is 0 Å². The molecule has 2 aromatic rings. The lowest BCUT2D eigenvalue weighted by molar-refractivity contribution is 0.213. The maximum absolute atomic E-state index is 3.15. The number of fused-ring (bicyclic) bond motifs is 1. The van der Waals surface area contributed by atoms with Crippen LogP contribution in [-0.2, 0) is 0 Å². The molecule has 2 heterocycles. The van der Waals surface area contributed by atoms with E-state index >= 15 is 0 Å². The lowest BCUT2D eigenvalue weighted by Gasteiger charge is -2.31. The average molecular weight is 398 g/mol. The van der Waals surface area contributed by atoms with Crippen LogP contribution in [0.5, 0.6) is 0 Å². The molecule has 2 aromatic carbocycles. The third kappa shape index (κ3) is 4.43. The summed E-state index contributed by atoms with van der Waals surface area (Å²) in [4.78, 5) is 2.70. The number of halogens is 1. The molecule has 0 bridgehead atoms.